The van der Waals surface area contributed by atoms with Crippen molar-refractivity contribution in [3.05, 3.63) is 65.9 Å². The van der Waals surface area contributed by atoms with Crippen molar-refractivity contribution in [1.82, 2.24) is 4.40 Å². The standard InChI is InChI=1S/C30H33N2Si/c1-7-33(8-2,9-3)22-13-14-25-24(18-22)23-15-16-31(6)30-27-20(5)19(4)17-21-11-10-12-26(28(21)27)32(25)29(23)30/h10-18H,7-9H2,1-6H3/q+1. The number of hydrogen-bond donors (Lipinski definition) is 0. The number of benzene rings is 3. The van der Waals surface area contributed by atoms with Crippen LogP contribution >= 0.6 is 0 Å². The van der Waals surface area contributed by atoms with Crippen molar-refractivity contribution in [3.8, 4) is 0 Å². The Bertz CT molecular complexity index is 1690. The zero-order chi connectivity index (χ0) is 23.1. The van der Waals surface area contributed by atoms with Gasteiger partial charge < -0.3 is 4.40 Å². The van der Waals surface area contributed by atoms with Gasteiger partial charge in [-0.15, -0.1) is 0 Å². The molecule has 3 heterocycles. The normalized spacial score (nSPS) is 12.9. The van der Waals surface area contributed by atoms with Gasteiger partial charge in [0.2, 0.25) is 5.52 Å². The van der Waals surface area contributed by atoms with E-state index in [2.05, 4.69) is 105 Å². The maximum absolute atomic E-state index is 2.56. The molecule has 33 heavy (non-hydrogen) atoms. The minimum atomic E-state index is -1.45. The molecule has 0 unspecified atom stereocenters. The van der Waals surface area contributed by atoms with Gasteiger partial charge in [0.1, 0.15) is 12.6 Å². The van der Waals surface area contributed by atoms with E-state index in [0.29, 0.717) is 0 Å². The summed E-state index contributed by atoms with van der Waals surface area (Å²) in [6.45, 7) is 11.8. The molecule has 0 aliphatic heterocycles. The Balaban J connectivity index is 1.91. The van der Waals surface area contributed by atoms with E-state index in [9.17, 15) is 0 Å². The van der Waals surface area contributed by atoms with Gasteiger partial charge in [0, 0.05) is 22.2 Å². The first-order valence-corrected chi connectivity index (χ1v) is 15.1. The first-order valence-electron chi connectivity index (χ1n) is 12.5. The third-order valence-electron chi connectivity index (χ3n) is 8.83. The quantitative estimate of drug-likeness (QED) is 0.117. The fourth-order valence-electron chi connectivity index (χ4n) is 6.54. The number of rotatable bonds is 4. The molecule has 0 radical (unpaired) electrons. The zero-order valence-electron chi connectivity index (χ0n) is 20.7. The van der Waals surface area contributed by atoms with Gasteiger partial charge in [-0.05, 0) is 42.5 Å². The van der Waals surface area contributed by atoms with E-state index in [-0.39, 0.29) is 0 Å². The van der Waals surface area contributed by atoms with Gasteiger partial charge in [-0.25, -0.2) is 0 Å². The van der Waals surface area contributed by atoms with Crippen LogP contribution in [0, 0.1) is 13.8 Å². The third kappa shape index (κ3) is 2.52. The van der Waals surface area contributed by atoms with Gasteiger partial charge in [0.05, 0.1) is 24.5 Å². The van der Waals surface area contributed by atoms with Crippen LogP contribution < -0.4 is 9.75 Å². The molecule has 0 aliphatic rings. The molecule has 0 atom stereocenters. The smallest absolute Gasteiger partial charge is 0.238 e. The lowest BCUT2D eigenvalue weighted by atomic mass is 9.94. The molecule has 2 nitrogen and oxygen atoms in total. The maximum atomic E-state index is 2.56. The highest BCUT2D eigenvalue weighted by molar-refractivity contribution is 6.91. The minimum absolute atomic E-state index is 1.31. The lowest BCUT2D eigenvalue weighted by molar-refractivity contribution is -0.644. The van der Waals surface area contributed by atoms with Crippen LogP contribution in [0.4, 0.5) is 0 Å². The van der Waals surface area contributed by atoms with Crippen LogP contribution in [0.5, 0.6) is 0 Å². The first kappa shape index (κ1) is 20.7. The van der Waals surface area contributed by atoms with Gasteiger partial charge in [-0.3, -0.25) is 0 Å². The molecule has 0 saturated carbocycles. The topological polar surface area (TPSA) is 8.29 Å². The van der Waals surface area contributed by atoms with Gasteiger partial charge in [-0.1, -0.05) is 74.4 Å². The molecular weight excluding hydrogens is 416 g/mol. The van der Waals surface area contributed by atoms with Crippen LogP contribution in [0.1, 0.15) is 31.9 Å². The Hall–Kier alpha value is -2.91. The summed E-state index contributed by atoms with van der Waals surface area (Å²) < 4.78 is 4.87. The second-order valence-electron chi connectivity index (χ2n) is 10.0. The van der Waals surface area contributed by atoms with Crippen molar-refractivity contribution in [2.45, 2.75) is 52.8 Å². The second-order valence-corrected chi connectivity index (χ2v) is 15.3. The van der Waals surface area contributed by atoms with E-state index in [4.69, 9.17) is 0 Å². The number of aryl methyl sites for hydroxylation is 3. The van der Waals surface area contributed by atoms with Crippen LogP contribution in [-0.2, 0) is 7.05 Å². The summed E-state index contributed by atoms with van der Waals surface area (Å²) >= 11 is 0. The van der Waals surface area contributed by atoms with E-state index in [1.165, 1.54) is 78.3 Å². The Labute approximate surface area is 196 Å². The summed E-state index contributed by atoms with van der Waals surface area (Å²) in [5, 5.41) is 8.55. The monoisotopic (exact) mass is 449 g/mol. The Morgan fingerprint density at radius 1 is 0.818 bits per heavy atom. The molecule has 0 N–H and O–H groups in total. The van der Waals surface area contributed by atoms with Crippen LogP contribution in [0.25, 0.3) is 49.0 Å². The summed E-state index contributed by atoms with van der Waals surface area (Å²) in [7, 11) is 0.750. The summed E-state index contributed by atoms with van der Waals surface area (Å²) in [4.78, 5) is 0. The van der Waals surface area contributed by atoms with Crippen molar-refractivity contribution in [3.63, 3.8) is 0 Å². The van der Waals surface area contributed by atoms with Crippen molar-refractivity contribution in [1.29, 1.82) is 0 Å². The van der Waals surface area contributed by atoms with Crippen molar-refractivity contribution >= 4 is 62.3 Å². The van der Waals surface area contributed by atoms with Crippen LogP contribution in [0.3, 0.4) is 0 Å². The Kier molecular flexibility index (Phi) is 4.41. The maximum Gasteiger partial charge on any atom is 0.238 e. The van der Waals surface area contributed by atoms with Gasteiger partial charge in [0.15, 0.2) is 6.20 Å². The largest absolute Gasteiger partial charge is 0.303 e. The van der Waals surface area contributed by atoms with Gasteiger partial charge in [0.25, 0.3) is 0 Å². The number of nitrogens with zero attached hydrogens (tertiary/aromatic N) is 2. The van der Waals surface area contributed by atoms with Crippen molar-refractivity contribution in [2.75, 3.05) is 0 Å². The molecule has 0 amide bonds. The van der Waals surface area contributed by atoms with E-state index >= 15 is 0 Å². The Morgan fingerprint density at radius 3 is 2.30 bits per heavy atom. The van der Waals surface area contributed by atoms with E-state index < -0.39 is 8.07 Å². The van der Waals surface area contributed by atoms with Crippen LogP contribution in [0.2, 0.25) is 18.1 Å². The molecule has 3 heteroatoms. The predicted octanol–water partition coefficient (Wildman–Crippen LogP) is 7.15. The number of fused-ring (bicyclic) bond motifs is 5. The zero-order valence-corrected chi connectivity index (χ0v) is 21.7. The highest BCUT2D eigenvalue weighted by Gasteiger charge is 2.31. The minimum Gasteiger partial charge on any atom is -0.303 e. The Morgan fingerprint density at radius 2 is 1.58 bits per heavy atom. The first-order chi connectivity index (χ1) is 16.0. The highest BCUT2D eigenvalue weighted by Crippen LogP contribution is 2.41. The predicted molar refractivity (Wildman–Crippen MR) is 146 cm³/mol. The summed E-state index contributed by atoms with van der Waals surface area (Å²) in [5.74, 6) is 0. The lowest BCUT2D eigenvalue weighted by Gasteiger charge is -2.28. The summed E-state index contributed by atoms with van der Waals surface area (Å²) in [5.41, 5.74) is 8.12. The number of pyridine rings is 2. The summed E-state index contributed by atoms with van der Waals surface area (Å²) in [6, 6.07) is 22.9. The van der Waals surface area contributed by atoms with Crippen LogP contribution in [-0.4, -0.2) is 12.5 Å². The molecule has 0 bridgehead atoms. The highest BCUT2D eigenvalue weighted by atomic mass is 28.3. The molecule has 0 saturated heterocycles. The van der Waals surface area contributed by atoms with Gasteiger partial charge >= 0.3 is 0 Å². The third-order valence-corrected chi connectivity index (χ3v) is 14.4. The summed E-state index contributed by atoms with van der Waals surface area (Å²) in [6.07, 6.45) is 2.26. The van der Waals surface area contributed by atoms with E-state index in [0.717, 1.165) is 0 Å². The molecule has 6 aromatic rings. The molecule has 3 aromatic heterocycles. The number of aromatic nitrogens is 2. The number of hydrogen-bond acceptors (Lipinski definition) is 0. The average Bonchev–Trinajstić information content (AvgIpc) is 3.16. The van der Waals surface area contributed by atoms with Crippen molar-refractivity contribution in [2.24, 2.45) is 7.05 Å². The lowest BCUT2D eigenvalue weighted by Crippen LogP contribution is -2.45. The van der Waals surface area contributed by atoms with Crippen LogP contribution in [0.15, 0.2) is 54.7 Å². The molecule has 6 rings (SSSR count). The van der Waals surface area contributed by atoms with E-state index in [1.54, 1.807) is 5.19 Å². The molecular formula is C30H33N2Si+. The average molecular weight is 450 g/mol. The SMILES string of the molecule is CC[Si](CC)(CC)c1ccc2c(c1)c1cc[n+](C)c3c4c(C)c(C)cc5cccc(c54)n2c13. The molecule has 0 fully saturated rings. The second kappa shape index (κ2) is 7.04. The fraction of sp³-hybridized carbons (Fsp3) is 0.300. The van der Waals surface area contributed by atoms with Gasteiger partial charge in [-0.2, -0.15) is 4.57 Å². The van der Waals surface area contributed by atoms with E-state index in [1.807, 2.05) is 0 Å². The molecule has 0 spiro atoms. The molecule has 3 aromatic carbocycles. The fourth-order valence-corrected chi connectivity index (χ4v) is 10.2. The molecule has 0 aliphatic carbocycles. The van der Waals surface area contributed by atoms with Crippen molar-refractivity contribution < 1.29 is 4.57 Å². The molecule has 166 valence electrons.